The number of hydrogen-bond donors (Lipinski definition) is 2. The number of halogens is 1. The zero-order chi connectivity index (χ0) is 12.3. The number of aromatic nitrogens is 2. The van der Waals surface area contributed by atoms with Crippen LogP contribution in [-0.2, 0) is 0 Å². The standard InChI is InChI=1S/C13H16ClN3/c1-2-3-11(12-8-13(15)17-16-12)9-4-6-10(14)7-5-9/h4-8,11H,2-3H2,1H3,(H3,15,16,17). The van der Waals surface area contributed by atoms with Gasteiger partial charge in [-0.1, -0.05) is 37.1 Å². The third-order valence-electron chi connectivity index (χ3n) is 2.84. The van der Waals surface area contributed by atoms with Crippen LogP contribution in [-0.4, -0.2) is 10.2 Å². The Balaban J connectivity index is 2.31. The van der Waals surface area contributed by atoms with Crippen LogP contribution in [0, 0.1) is 0 Å². The maximum Gasteiger partial charge on any atom is 0.145 e. The van der Waals surface area contributed by atoms with Gasteiger partial charge < -0.3 is 5.73 Å². The maximum atomic E-state index is 5.90. The Morgan fingerprint density at radius 2 is 2.06 bits per heavy atom. The second kappa shape index (κ2) is 5.23. The first-order chi connectivity index (χ1) is 8.20. The summed E-state index contributed by atoms with van der Waals surface area (Å²) in [5.74, 6) is 0.845. The summed E-state index contributed by atoms with van der Waals surface area (Å²) in [5.41, 5.74) is 7.95. The molecule has 1 atom stereocenters. The van der Waals surface area contributed by atoms with E-state index in [0.29, 0.717) is 11.7 Å². The van der Waals surface area contributed by atoms with E-state index in [1.54, 1.807) is 0 Å². The fraction of sp³-hybridized carbons (Fsp3) is 0.308. The molecular weight excluding hydrogens is 234 g/mol. The van der Waals surface area contributed by atoms with Gasteiger partial charge >= 0.3 is 0 Å². The van der Waals surface area contributed by atoms with Crippen molar-refractivity contribution in [2.75, 3.05) is 5.73 Å². The van der Waals surface area contributed by atoms with E-state index in [1.165, 1.54) is 5.56 Å². The van der Waals surface area contributed by atoms with Gasteiger partial charge in [-0.15, -0.1) is 0 Å². The minimum Gasteiger partial charge on any atom is -0.382 e. The maximum absolute atomic E-state index is 5.90. The summed E-state index contributed by atoms with van der Waals surface area (Å²) >= 11 is 5.90. The molecule has 0 aliphatic rings. The smallest absolute Gasteiger partial charge is 0.145 e. The van der Waals surface area contributed by atoms with Gasteiger partial charge in [0.05, 0.1) is 0 Å². The summed E-state index contributed by atoms with van der Waals surface area (Å²) in [6.07, 6.45) is 2.16. The second-order valence-corrected chi connectivity index (χ2v) is 4.58. The number of hydrogen-bond acceptors (Lipinski definition) is 2. The van der Waals surface area contributed by atoms with E-state index in [2.05, 4.69) is 29.3 Å². The highest BCUT2D eigenvalue weighted by Gasteiger charge is 2.15. The van der Waals surface area contributed by atoms with Gasteiger partial charge in [-0.2, -0.15) is 5.10 Å². The fourth-order valence-corrected chi connectivity index (χ4v) is 2.14. The van der Waals surface area contributed by atoms with E-state index in [9.17, 15) is 0 Å². The Morgan fingerprint density at radius 1 is 1.35 bits per heavy atom. The number of nitrogens with zero attached hydrogens (tertiary/aromatic N) is 1. The number of nitrogens with one attached hydrogen (secondary N) is 1. The van der Waals surface area contributed by atoms with Crippen molar-refractivity contribution in [1.29, 1.82) is 0 Å². The van der Waals surface area contributed by atoms with Crippen molar-refractivity contribution >= 4 is 17.4 Å². The first kappa shape index (κ1) is 12.0. The molecule has 3 N–H and O–H groups in total. The molecule has 0 spiro atoms. The third-order valence-corrected chi connectivity index (χ3v) is 3.09. The highest BCUT2D eigenvalue weighted by atomic mass is 35.5. The van der Waals surface area contributed by atoms with E-state index in [4.69, 9.17) is 17.3 Å². The minimum atomic E-state index is 0.307. The van der Waals surface area contributed by atoms with Crippen molar-refractivity contribution in [1.82, 2.24) is 10.2 Å². The van der Waals surface area contributed by atoms with Crippen molar-refractivity contribution in [3.8, 4) is 0 Å². The van der Waals surface area contributed by atoms with Gasteiger partial charge in [0.15, 0.2) is 0 Å². The Labute approximate surface area is 106 Å². The normalized spacial score (nSPS) is 12.6. The number of aromatic amines is 1. The molecule has 0 aliphatic carbocycles. The summed E-state index contributed by atoms with van der Waals surface area (Å²) in [5, 5.41) is 7.74. The van der Waals surface area contributed by atoms with Crippen molar-refractivity contribution in [3.63, 3.8) is 0 Å². The molecule has 90 valence electrons. The first-order valence-corrected chi connectivity index (χ1v) is 6.14. The van der Waals surface area contributed by atoms with Crippen molar-refractivity contribution in [3.05, 3.63) is 46.6 Å². The van der Waals surface area contributed by atoms with Gasteiger partial charge in [0.2, 0.25) is 0 Å². The molecule has 1 aromatic carbocycles. The lowest BCUT2D eigenvalue weighted by Crippen LogP contribution is -2.01. The lowest BCUT2D eigenvalue weighted by molar-refractivity contribution is 0.677. The molecule has 1 unspecified atom stereocenters. The summed E-state index contributed by atoms with van der Waals surface area (Å²) < 4.78 is 0. The van der Waals surface area contributed by atoms with E-state index in [1.807, 2.05) is 18.2 Å². The molecule has 0 saturated carbocycles. The van der Waals surface area contributed by atoms with Gasteiger partial charge in [-0.3, -0.25) is 5.10 Å². The lowest BCUT2D eigenvalue weighted by atomic mass is 9.91. The molecule has 0 saturated heterocycles. The average Bonchev–Trinajstić information content (AvgIpc) is 2.74. The van der Waals surface area contributed by atoms with E-state index in [-0.39, 0.29) is 0 Å². The molecule has 0 aliphatic heterocycles. The molecule has 17 heavy (non-hydrogen) atoms. The van der Waals surface area contributed by atoms with Gasteiger partial charge in [0, 0.05) is 22.7 Å². The number of nitrogen functional groups attached to an aromatic ring is 1. The fourth-order valence-electron chi connectivity index (χ4n) is 2.02. The second-order valence-electron chi connectivity index (χ2n) is 4.14. The predicted molar refractivity (Wildman–Crippen MR) is 71.2 cm³/mol. The molecule has 4 heteroatoms. The van der Waals surface area contributed by atoms with Crippen LogP contribution < -0.4 is 5.73 Å². The third kappa shape index (κ3) is 2.80. The van der Waals surface area contributed by atoms with Crippen LogP contribution in [0.5, 0.6) is 0 Å². The highest BCUT2D eigenvalue weighted by Crippen LogP contribution is 2.29. The number of benzene rings is 1. The summed E-state index contributed by atoms with van der Waals surface area (Å²) in [7, 11) is 0. The Bertz CT molecular complexity index is 476. The molecule has 0 fully saturated rings. The molecule has 3 nitrogen and oxygen atoms in total. The van der Waals surface area contributed by atoms with Crippen molar-refractivity contribution in [2.45, 2.75) is 25.7 Å². The number of H-pyrrole nitrogens is 1. The van der Waals surface area contributed by atoms with Crippen LogP contribution in [0.3, 0.4) is 0 Å². The largest absolute Gasteiger partial charge is 0.382 e. The Morgan fingerprint density at radius 3 is 2.59 bits per heavy atom. The molecule has 0 radical (unpaired) electrons. The van der Waals surface area contributed by atoms with Crippen LogP contribution in [0.4, 0.5) is 5.82 Å². The molecule has 0 bridgehead atoms. The van der Waals surface area contributed by atoms with Crippen molar-refractivity contribution < 1.29 is 0 Å². The van der Waals surface area contributed by atoms with Crippen LogP contribution in [0.1, 0.15) is 36.9 Å². The topological polar surface area (TPSA) is 54.7 Å². The number of nitrogens with two attached hydrogens (primary N) is 1. The number of anilines is 1. The predicted octanol–water partition coefficient (Wildman–Crippen LogP) is 3.58. The average molecular weight is 250 g/mol. The van der Waals surface area contributed by atoms with Gasteiger partial charge in [0.1, 0.15) is 5.82 Å². The first-order valence-electron chi connectivity index (χ1n) is 5.77. The molecule has 1 aromatic heterocycles. The minimum absolute atomic E-state index is 0.307. The summed E-state index contributed by atoms with van der Waals surface area (Å²) in [6.45, 7) is 2.17. The number of rotatable bonds is 4. The lowest BCUT2D eigenvalue weighted by Gasteiger charge is -2.14. The molecule has 0 amide bonds. The zero-order valence-electron chi connectivity index (χ0n) is 9.78. The van der Waals surface area contributed by atoms with Gasteiger partial charge in [-0.25, -0.2) is 0 Å². The monoisotopic (exact) mass is 249 g/mol. The molecule has 2 aromatic rings. The van der Waals surface area contributed by atoms with E-state index in [0.717, 1.165) is 23.6 Å². The summed E-state index contributed by atoms with van der Waals surface area (Å²) in [6, 6.07) is 9.84. The van der Waals surface area contributed by atoms with E-state index >= 15 is 0 Å². The van der Waals surface area contributed by atoms with Gasteiger partial charge in [-0.05, 0) is 24.1 Å². The van der Waals surface area contributed by atoms with Crippen LogP contribution in [0.15, 0.2) is 30.3 Å². The molecular formula is C13H16ClN3. The van der Waals surface area contributed by atoms with Crippen LogP contribution in [0.2, 0.25) is 5.02 Å². The van der Waals surface area contributed by atoms with Crippen molar-refractivity contribution in [2.24, 2.45) is 0 Å². The summed E-state index contributed by atoms with van der Waals surface area (Å²) in [4.78, 5) is 0. The SMILES string of the molecule is CCCC(c1ccc(Cl)cc1)c1cc(N)n[nH]1. The zero-order valence-corrected chi connectivity index (χ0v) is 10.5. The Kier molecular flexibility index (Phi) is 3.69. The van der Waals surface area contributed by atoms with Crippen LogP contribution in [0.25, 0.3) is 0 Å². The van der Waals surface area contributed by atoms with E-state index < -0.39 is 0 Å². The molecule has 2 rings (SSSR count). The Hall–Kier alpha value is -1.48. The van der Waals surface area contributed by atoms with Gasteiger partial charge in [0.25, 0.3) is 0 Å². The highest BCUT2D eigenvalue weighted by molar-refractivity contribution is 6.30. The molecule has 1 heterocycles. The van der Waals surface area contributed by atoms with Crippen LogP contribution >= 0.6 is 11.6 Å². The quantitative estimate of drug-likeness (QED) is 0.870.